The van der Waals surface area contributed by atoms with Gasteiger partial charge in [-0.25, -0.2) is 16.8 Å². The van der Waals surface area contributed by atoms with Gasteiger partial charge in [0.05, 0.1) is 28.2 Å². The van der Waals surface area contributed by atoms with Gasteiger partial charge in [-0.05, 0) is 75.4 Å². The standard InChI is InChI=1S/C24H30N2O5S2/c1-18(2)9-5-4-8-16-33(30,31)20-12-13-23-19(17-20)14-15-26(23)24(27)21-10-6-7-11-22(21)25-32(3,28)29/h6-7,9-13,17,25H,4-5,8,14-16H2,1-3H3. The monoisotopic (exact) mass is 490 g/mol. The molecule has 0 unspecified atom stereocenters. The number of hydrogen-bond donors (Lipinski definition) is 1. The van der Waals surface area contributed by atoms with E-state index in [1.165, 1.54) is 5.57 Å². The normalized spacial score (nSPS) is 13.5. The number of amides is 1. The van der Waals surface area contributed by atoms with Crippen LogP contribution in [0.5, 0.6) is 0 Å². The van der Waals surface area contributed by atoms with Gasteiger partial charge in [0.1, 0.15) is 0 Å². The minimum absolute atomic E-state index is 0.0928. The van der Waals surface area contributed by atoms with Gasteiger partial charge in [-0.15, -0.1) is 0 Å². The summed E-state index contributed by atoms with van der Waals surface area (Å²) in [6, 6.07) is 11.3. The van der Waals surface area contributed by atoms with Gasteiger partial charge in [0, 0.05) is 12.2 Å². The van der Waals surface area contributed by atoms with Crippen molar-refractivity contribution in [2.45, 2.75) is 44.4 Å². The molecule has 1 amide bonds. The molecular weight excluding hydrogens is 460 g/mol. The van der Waals surface area contributed by atoms with E-state index in [0.717, 1.165) is 24.7 Å². The average molecular weight is 491 g/mol. The van der Waals surface area contributed by atoms with Gasteiger partial charge in [0.25, 0.3) is 5.91 Å². The number of carbonyl (C=O) groups is 1. The van der Waals surface area contributed by atoms with Gasteiger partial charge in [-0.2, -0.15) is 0 Å². The van der Waals surface area contributed by atoms with Crippen LogP contribution in [0.2, 0.25) is 0 Å². The number of hydrogen-bond acceptors (Lipinski definition) is 5. The van der Waals surface area contributed by atoms with Crippen molar-refractivity contribution in [3.8, 4) is 0 Å². The molecule has 1 N–H and O–H groups in total. The second-order valence-corrected chi connectivity index (χ2v) is 12.4. The minimum Gasteiger partial charge on any atom is -0.308 e. The maximum Gasteiger partial charge on any atom is 0.260 e. The summed E-state index contributed by atoms with van der Waals surface area (Å²) >= 11 is 0. The first-order valence-electron chi connectivity index (χ1n) is 10.9. The molecule has 178 valence electrons. The Bertz CT molecular complexity index is 1280. The van der Waals surface area contributed by atoms with Crippen LogP contribution in [0.1, 0.15) is 49.0 Å². The van der Waals surface area contributed by atoms with Crippen molar-refractivity contribution in [2.75, 3.05) is 28.2 Å². The molecule has 2 aromatic carbocycles. The number of carbonyl (C=O) groups excluding carboxylic acids is 1. The lowest BCUT2D eigenvalue weighted by Crippen LogP contribution is -2.30. The summed E-state index contributed by atoms with van der Waals surface area (Å²) in [5.74, 6) is -0.245. The molecule has 1 heterocycles. The molecule has 0 aliphatic carbocycles. The Labute approximate surface area is 196 Å². The SMILES string of the molecule is CC(C)=CCCCCS(=O)(=O)c1ccc2c(c1)CCN2C(=O)c1ccccc1NS(C)(=O)=O. The highest BCUT2D eigenvalue weighted by Gasteiger charge is 2.29. The van der Waals surface area contributed by atoms with Crippen LogP contribution in [0.25, 0.3) is 0 Å². The van der Waals surface area contributed by atoms with Crippen molar-refractivity contribution < 1.29 is 21.6 Å². The average Bonchev–Trinajstić information content (AvgIpc) is 3.15. The Kier molecular flexibility index (Phi) is 7.64. The smallest absolute Gasteiger partial charge is 0.260 e. The number of nitrogens with zero attached hydrogens (tertiary/aromatic N) is 1. The molecule has 0 bridgehead atoms. The molecule has 3 rings (SSSR count). The van der Waals surface area contributed by atoms with E-state index in [1.54, 1.807) is 47.4 Å². The van der Waals surface area contributed by atoms with Crippen LogP contribution in [-0.4, -0.2) is 41.3 Å². The molecule has 0 saturated carbocycles. The molecule has 0 atom stereocenters. The molecule has 0 radical (unpaired) electrons. The summed E-state index contributed by atoms with van der Waals surface area (Å²) in [4.78, 5) is 15.1. The van der Waals surface area contributed by atoms with E-state index in [0.29, 0.717) is 25.1 Å². The molecule has 0 aromatic heterocycles. The van der Waals surface area contributed by atoms with Crippen LogP contribution >= 0.6 is 0 Å². The first-order chi connectivity index (χ1) is 15.5. The van der Waals surface area contributed by atoms with Gasteiger partial charge >= 0.3 is 0 Å². The quantitative estimate of drug-likeness (QED) is 0.420. The van der Waals surface area contributed by atoms with E-state index in [-0.39, 0.29) is 27.8 Å². The number of unbranched alkanes of at least 4 members (excludes halogenated alkanes) is 2. The number of para-hydroxylation sites is 1. The second kappa shape index (κ2) is 10.1. The summed E-state index contributed by atoms with van der Waals surface area (Å²) in [6.45, 7) is 4.44. The lowest BCUT2D eigenvalue weighted by Gasteiger charge is -2.19. The van der Waals surface area contributed by atoms with Gasteiger partial charge in [-0.1, -0.05) is 23.8 Å². The predicted molar refractivity (Wildman–Crippen MR) is 132 cm³/mol. The van der Waals surface area contributed by atoms with Crippen LogP contribution in [0.3, 0.4) is 0 Å². The van der Waals surface area contributed by atoms with Crippen molar-refractivity contribution >= 4 is 37.1 Å². The van der Waals surface area contributed by atoms with Crippen molar-refractivity contribution in [1.29, 1.82) is 0 Å². The number of fused-ring (bicyclic) bond motifs is 1. The molecule has 7 nitrogen and oxygen atoms in total. The van der Waals surface area contributed by atoms with Gasteiger partial charge in [-0.3, -0.25) is 9.52 Å². The number of sulfone groups is 1. The Morgan fingerprint density at radius 3 is 2.48 bits per heavy atom. The van der Waals surface area contributed by atoms with Crippen molar-refractivity contribution in [3.05, 3.63) is 65.2 Å². The van der Waals surface area contributed by atoms with Crippen LogP contribution in [0, 0.1) is 0 Å². The molecule has 0 spiro atoms. The molecule has 0 fully saturated rings. The highest BCUT2D eigenvalue weighted by atomic mass is 32.2. The zero-order chi connectivity index (χ0) is 24.2. The summed E-state index contributed by atoms with van der Waals surface area (Å²) in [7, 11) is -6.95. The van der Waals surface area contributed by atoms with Crippen molar-refractivity contribution in [2.24, 2.45) is 0 Å². The maximum atomic E-state index is 13.2. The summed E-state index contributed by atoms with van der Waals surface area (Å²) < 4.78 is 51.3. The largest absolute Gasteiger partial charge is 0.308 e. The maximum absolute atomic E-state index is 13.2. The van der Waals surface area contributed by atoms with Crippen LogP contribution in [-0.2, 0) is 26.3 Å². The van der Waals surface area contributed by atoms with Gasteiger partial charge < -0.3 is 4.90 Å². The number of allylic oxidation sites excluding steroid dienone is 2. The third kappa shape index (κ3) is 6.45. The Morgan fingerprint density at radius 2 is 1.79 bits per heavy atom. The van der Waals surface area contributed by atoms with E-state index < -0.39 is 19.9 Å². The summed E-state index contributed by atoms with van der Waals surface area (Å²) in [5, 5.41) is 0. The molecular formula is C24H30N2O5S2. The Balaban J connectivity index is 1.77. The first-order valence-corrected chi connectivity index (χ1v) is 14.4. The number of nitrogens with one attached hydrogen (secondary N) is 1. The zero-order valence-corrected chi connectivity index (χ0v) is 20.8. The van der Waals surface area contributed by atoms with E-state index in [1.807, 2.05) is 13.8 Å². The van der Waals surface area contributed by atoms with Crippen molar-refractivity contribution in [3.63, 3.8) is 0 Å². The fraction of sp³-hybridized carbons (Fsp3) is 0.375. The predicted octanol–water partition coefficient (Wildman–Crippen LogP) is 4.17. The molecule has 0 saturated heterocycles. The number of benzene rings is 2. The highest BCUT2D eigenvalue weighted by Crippen LogP contribution is 2.33. The molecule has 9 heteroatoms. The lowest BCUT2D eigenvalue weighted by molar-refractivity contribution is 0.0990. The lowest BCUT2D eigenvalue weighted by atomic mass is 10.1. The topological polar surface area (TPSA) is 101 Å². The van der Waals surface area contributed by atoms with Gasteiger partial charge in [0.2, 0.25) is 10.0 Å². The van der Waals surface area contributed by atoms with E-state index in [9.17, 15) is 21.6 Å². The Hall–Kier alpha value is -2.65. The number of sulfonamides is 1. The van der Waals surface area contributed by atoms with Crippen LogP contribution in [0.15, 0.2) is 59.0 Å². The van der Waals surface area contributed by atoms with Crippen molar-refractivity contribution in [1.82, 2.24) is 0 Å². The second-order valence-electron chi connectivity index (χ2n) is 8.51. The van der Waals surface area contributed by atoms with Crippen LogP contribution < -0.4 is 9.62 Å². The number of anilines is 2. The molecule has 1 aliphatic rings. The Morgan fingerprint density at radius 1 is 1.06 bits per heavy atom. The third-order valence-corrected chi connectivity index (χ3v) is 7.81. The first kappa shape index (κ1) is 25.0. The summed E-state index contributed by atoms with van der Waals surface area (Å²) in [6.07, 6.45) is 5.96. The molecule has 33 heavy (non-hydrogen) atoms. The van der Waals surface area contributed by atoms with E-state index in [4.69, 9.17) is 0 Å². The fourth-order valence-corrected chi connectivity index (χ4v) is 5.83. The van der Waals surface area contributed by atoms with Crippen LogP contribution in [0.4, 0.5) is 11.4 Å². The minimum atomic E-state index is -3.55. The zero-order valence-electron chi connectivity index (χ0n) is 19.2. The summed E-state index contributed by atoms with van der Waals surface area (Å²) in [5.41, 5.74) is 3.12. The number of rotatable bonds is 9. The van der Waals surface area contributed by atoms with Gasteiger partial charge in [0.15, 0.2) is 9.84 Å². The third-order valence-electron chi connectivity index (χ3n) is 5.42. The van der Waals surface area contributed by atoms with E-state index in [2.05, 4.69) is 10.8 Å². The van der Waals surface area contributed by atoms with E-state index >= 15 is 0 Å². The highest BCUT2D eigenvalue weighted by molar-refractivity contribution is 7.92. The fourth-order valence-electron chi connectivity index (χ4n) is 3.83. The molecule has 2 aromatic rings. The molecule has 1 aliphatic heterocycles.